The summed E-state index contributed by atoms with van der Waals surface area (Å²) in [7, 11) is 1.51. The minimum Gasteiger partial charge on any atom is -0.495 e. The first-order valence-corrected chi connectivity index (χ1v) is 11.8. The quantitative estimate of drug-likeness (QED) is 0.303. The van der Waals surface area contributed by atoms with Crippen molar-refractivity contribution in [3.8, 4) is 5.75 Å². The third-order valence-corrected chi connectivity index (χ3v) is 7.92. The number of ketones is 1. The number of aromatic nitrogens is 1. The summed E-state index contributed by atoms with van der Waals surface area (Å²) in [4.78, 5) is 25.7. The van der Waals surface area contributed by atoms with Crippen LogP contribution >= 0.6 is 34.5 Å². The molecule has 1 unspecified atom stereocenters. The van der Waals surface area contributed by atoms with Crippen LogP contribution in [-0.4, -0.2) is 42.7 Å². The van der Waals surface area contributed by atoms with Crippen molar-refractivity contribution in [3.63, 3.8) is 0 Å². The number of ether oxygens (including phenoxy) is 3. The van der Waals surface area contributed by atoms with E-state index in [1.54, 1.807) is 12.1 Å². The lowest BCUT2D eigenvalue weighted by Gasteiger charge is -2.14. The molecule has 32 heavy (non-hydrogen) atoms. The molecular weight excluding hydrogens is 473 g/mol. The van der Waals surface area contributed by atoms with Crippen LogP contribution in [0.25, 0.3) is 10.1 Å². The van der Waals surface area contributed by atoms with Crippen LogP contribution in [-0.2, 0) is 16.0 Å². The van der Waals surface area contributed by atoms with Crippen molar-refractivity contribution < 1.29 is 23.8 Å². The Morgan fingerprint density at radius 2 is 2.03 bits per heavy atom. The molecule has 0 radical (unpaired) electrons. The Hall–Kier alpha value is -2.06. The summed E-state index contributed by atoms with van der Waals surface area (Å²) in [6, 6.07) is 5.26. The Labute approximate surface area is 200 Å². The Morgan fingerprint density at radius 3 is 2.72 bits per heavy atom. The van der Waals surface area contributed by atoms with E-state index in [4.69, 9.17) is 37.4 Å². The molecule has 0 amide bonds. The van der Waals surface area contributed by atoms with Crippen molar-refractivity contribution in [1.82, 2.24) is 4.57 Å². The van der Waals surface area contributed by atoms with Crippen LogP contribution in [0.1, 0.15) is 44.3 Å². The van der Waals surface area contributed by atoms with E-state index in [9.17, 15) is 9.59 Å². The number of aryl methyl sites for hydroxylation is 1. The van der Waals surface area contributed by atoms with E-state index in [1.807, 2.05) is 19.9 Å². The second kappa shape index (κ2) is 9.43. The summed E-state index contributed by atoms with van der Waals surface area (Å²) in [5.74, 6) is -0.430. The van der Waals surface area contributed by atoms with E-state index in [1.165, 1.54) is 7.11 Å². The first-order chi connectivity index (χ1) is 15.3. The number of esters is 1. The lowest BCUT2D eigenvalue weighted by molar-refractivity contribution is 0.0479. The van der Waals surface area contributed by atoms with Crippen LogP contribution in [0.15, 0.2) is 18.2 Å². The van der Waals surface area contributed by atoms with Gasteiger partial charge in [0.05, 0.1) is 22.9 Å². The van der Waals surface area contributed by atoms with Crippen molar-refractivity contribution in [3.05, 3.63) is 50.1 Å². The highest BCUT2D eigenvalue weighted by Crippen LogP contribution is 2.43. The number of Topliss-reactive ketones (excluding diaryl/α,β-unsaturated/α-hetero) is 1. The van der Waals surface area contributed by atoms with Crippen LogP contribution in [0.3, 0.4) is 0 Å². The molecule has 2 aromatic heterocycles. The van der Waals surface area contributed by atoms with Gasteiger partial charge in [-0.05, 0) is 44.9 Å². The number of halogens is 2. The van der Waals surface area contributed by atoms with E-state index < -0.39 is 5.97 Å². The Morgan fingerprint density at radius 1 is 1.25 bits per heavy atom. The van der Waals surface area contributed by atoms with Crippen molar-refractivity contribution in [2.24, 2.45) is 0 Å². The normalized spacial score (nSPS) is 16.0. The summed E-state index contributed by atoms with van der Waals surface area (Å²) in [5, 5.41) is 1.27. The second-order valence-electron chi connectivity index (χ2n) is 7.73. The smallest absolute Gasteiger partial charge is 0.350 e. The first kappa shape index (κ1) is 23.1. The van der Waals surface area contributed by atoms with Crippen LogP contribution in [0.5, 0.6) is 5.75 Å². The third-order valence-electron chi connectivity index (χ3n) is 5.73. The van der Waals surface area contributed by atoms with E-state index >= 15 is 0 Å². The number of fused-ring (bicyclic) bond motifs is 1. The second-order valence-corrected chi connectivity index (χ2v) is 9.51. The maximum Gasteiger partial charge on any atom is 0.350 e. The number of methoxy groups -OCH3 is 1. The molecule has 3 aromatic rings. The molecule has 1 atom stereocenters. The van der Waals surface area contributed by atoms with Gasteiger partial charge in [0, 0.05) is 35.5 Å². The molecule has 1 aliphatic heterocycles. The first-order valence-electron chi connectivity index (χ1n) is 10.2. The van der Waals surface area contributed by atoms with Gasteiger partial charge in [-0.25, -0.2) is 4.79 Å². The predicted octanol–water partition coefficient (Wildman–Crippen LogP) is 5.85. The number of carbonyl (C=O) groups excluding carboxylic acids is 2. The van der Waals surface area contributed by atoms with Crippen LogP contribution < -0.4 is 4.74 Å². The van der Waals surface area contributed by atoms with Gasteiger partial charge in [-0.1, -0.05) is 23.2 Å². The van der Waals surface area contributed by atoms with Gasteiger partial charge < -0.3 is 18.8 Å². The zero-order valence-corrected chi connectivity index (χ0v) is 20.3. The fraction of sp³-hybridized carbons (Fsp3) is 0.391. The summed E-state index contributed by atoms with van der Waals surface area (Å²) >= 11 is 13.9. The van der Waals surface area contributed by atoms with Gasteiger partial charge in [-0.2, -0.15) is 0 Å². The number of benzene rings is 1. The number of carbonyl (C=O) groups is 2. The van der Waals surface area contributed by atoms with Crippen molar-refractivity contribution in [2.75, 3.05) is 20.3 Å². The largest absolute Gasteiger partial charge is 0.495 e. The molecule has 0 N–H and O–H groups in total. The van der Waals surface area contributed by atoms with Gasteiger partial charge in [0.15, 0.2) is 6.61 Å². The maximum absolute atomic E-state index is 12.8. The minimum absolute atomic E-state index is 0.168. The number of thiophene rings is 1. The summed E-state index contributed by atoms with van der Waals surface area (Å²) in [6.45, 7) is 4.98. The molecule has 0 bridgehead atoms. The van der Waals surface area contributed by atoms with E-state index in [-0.39, 0.29) is 28.4 Å². The van der Waals surface area contributed by atoms with Crippen LogP contribution in [0, 0.1) is 13.8 Å². The standard InChI is InChI=1S/C23H23Cl2NO5S/c1-12-9-16(13(2)26(12)10-14-5-4-8-30-14)17(27)11-31-23(28)22-19(24)15-6-7-18(29-3)20(25)21(15)32-22/h6-7,9,14H,4-5,8,10-11H2,1-3H3. The Balaban J connectivity index is 1.48. The number of rotatable bonds is 7. The SMILES string of the molecule is COc1ccc2c(Cl)c(C(=O)OCC(=O)c3cc(C)n(CC4CCCO4)c3C)sc2c1Cl. The van der Waals surface area contributed by atoms with Gasteiger partial charge in [-0.15, -0.1) is 11.3 Å². The van der Waals surface area contributed by atoms with Gasteiger partial charge in [-0.3, -0.25) is 4.79 Å². The molecule has 3 heterocycles. The minimum atomic E-state index is -0.659. The van der Waals surface area contributed by atoms with Crippen LogP contribution in [0.4, 0.5) is 0 Å². The topological polar surface area (TPSA) is 66.8 Å². The summed E-state index contributed by atoms with van der Waals surface area (Å²) in [6.07, 6.45) is 2.24. The highest BCUT2D eigenvalue weighted by molar-refractivity contribution is 7.22. The zero-order valence-electron chi connectivity index (χ0n) is 18.0. The Bertz CT molecular complexity index is 1190. The van der Waals surface area contributed by atoms with Gasteiger partial charge >= 0.3 is 5.97 Å². The summed E-state index contributed by atoms with van der Waals surface area (Å²) < 4.78 is 19.0. The molecule has 6 nitrogen and oxygen atoms in total. The molecule has 1 aliphatic rings. The fourth-order valence-corrected chi connectivity index (χ4v) is 5.78. The predicted molar refractivity (Wildman–Crippen MR) is 126 cm³/mol. The zero-order chi connectivity index (χ0) is 23.0. The molecule has 0 spiro atoms. The molecule has 0 aliphatic carbocycles. The van der Waals surface area contributed by atoms with E-state index in [0.717, 1.165) is 42.2 Å². The lowest BCUT2D eigenvalue weighted by atomic mass is 10.1. The Kier molecular flexibility index (Phi) is 6.81. The molecule has 170 valence electrons. The van der Waals surface area contributed by atoms with Crippen molar-refractivity contribution in [2.45, 2.75) is 39.3 Å². The molecular formula is C23H23Cl2NO5S. The number of hydrogen-bond acceptors (Lipinski definition) is 6. The maximum atomic E-state index is 12.8. The molecule has 0 saturated carbocycles. The average Bonchev–Trinajstić information content (AvgIpc) is 3.48. The fourth-order valence-electron chi connectivity index (χ4n) is 4.00. The van der Waals surface area contributed by atoms with Crippen molar-refractivity contribution >= 4 is 56.4 Å². The number of nitrogens with zero attached hydrogens (tertiary/aromatic N) is 1. The van der Waals surface area contributed by atoms with Gasteiger partial charge in [0.25, 0.3) is 0 Å². The molecule has 1 fully saturated rings. The summed E-state index contributed by atoms with van der Waals surface area (Å²) in [5.41, 5.74) is 2.37. The van der Waals surface area contributed by atoms with E-state index in [0.29, 0.717) is 33.0 Å². The number of hydrogen-bond donors (Lipinski definition) is 0. The average molecular weight is 496 g/mol. The molecule has 9 heteroatoms. The third kappa shape index (κ3) is 4.27. The highest BCUT2D eigenvalue weighted by atomic mass is 35.5. The monoisotopic (exact) mass is 495 g/mol. The van der Waals surface area contributed by atoms with Gasteiger partial charge in [0.2, 0.25) is 5.78 Å². The van der Waals surface area contributed by atoms with E-state index in [2.05, 4.69) is 4.57 Å². The van der Waals surface area contributed by atoms with Crippen LogP contribution in [0.2, 0.25) is 10.0 Å². The lowest BCUT2D eigenvalue weighted by Crippen LogP contribution is -2.18. The molecule has 4 rings (SSSR count). The molecule has 1 aromatic carbocycles. The highest BCUT2D eigenvalue weighted by Gasteiger charge is 2.24. The van der Waals surface area contributed by atoms with Crippen molar-refractivity contribution in [1.29, 1.82) is 0 Å². The van der Waals surface area contributed by atoms with Gasteiger partial charge in [0.1, 0.15) is 15.6 Å². The molecule has 1 saturated heterocycles.